The van der Waals surface area contributed by atoms with Gasteiger partial charge in [0.05, 0.1) is 5.25 Å². The molecule has 2 heteroatoms. The third-order valence-electron chi connectivity index (χ3n) is 2.38. The molecule has 1 atom stereocenters. The van der Waals surface area contributed by atoms with Gasteiger partial charge in [-0.2, -0.15) is 12.6 Å². The molecule has 0 aliphatic rings. The molecule has 0 fully saturated rings. The average molecular weight is 234 g/mol. The van der Waals surface area contributed by atoms with Crippen molar-refractivity contribution in [3.8, 4) is 17.6 Å². The summed E-state index contributed by atoms with van der Waals surface area (Å²) in [6.07, 6.45) is 4.50. The van der Waals surface area contributed by atoms with Crippen LogP contribution in [0.1, 0.15) is 43.4 Å². The SMILES string of the molecule is CCCCCC#CC(S)c1ccccc1O. The Labute approximate surface area is 103 Å². The van der Waals surface area contributed by atoms with Crippen LogP contribution in [0.15, 0.2) is 24.3 Å². The van der Waals surface area contributed by atoms with Gasteiger partial charge in [0.2, 0.25) is 0 Å². The van der Waals surface area contributed by atoms with Gasteiger partial charge in [-0.3, -0.25) is 0 Å². The van der Waals surface area contributed by atoms with Gasteiger partial charge in [-0.1, -0.05) is 43.9 Å². The van der Waals surface area contributed by atoms with Gasteiger partial charge >= 0.3 is 0 Å². The minimum Gasteiger partial charge on any atom is -0.508 e. The van der Waals surface area contributed by atoms with Crippen LogP contribution in [0, 0.1) is 11.8 Å². The van der Waals surface area contributed by atoms with Crippen LogP contribution in [0.2, 0.25) is 0 Å². The quantitative estimate of drug-likeness (QED) is 0.459. The first-order valence-corrected chi connectivity index (χ1v) is 6.21. The number of aromatic hydroxyl groups is 1. The van der Waals surface area contributed by atoms with Crippen molar-refractivity contribution in [1.29, 1.82) is 0 Å². The van der Waals surface area contributed by atoms with Crippen molar-refractivity contribution in [3.63, 3.8) is 0 Å². The summed E-state index contributed by atoms with van der Waals surface area (Å²) in [5, 5.41) is 9.41. The van der Waals surface area contributed by atoms with Crippen molar-refractivity contribution in [2.75, 3.05) is 0 Å². The standard InChI is InChI=1S/C14H18OS/c1-2-3-4-5-6-11-14(16)12-9-7-8-10-13(12)15/h7-10,14-16H,2-5H2,1H3. The van der Waals surface area contributed by atoms with E-state index in [9.17, 15) is 5.11 Å². The van der Waals surface area contributed by atoms with E-state index in [2.05, 4.69) is 31.4 Å². The molecule has 0 aliphatic heterocycles. The minimum absolute atomic E-state index is 0.192. The molecule has 0 heterocycles. The number of phenols is 1. The van der Waals surface area contributed by atoms with Gasteiger partial charge in [0.15, 0.2) is 0 Å². The molecular weight excluding hydrogens is 216 g/mol. The third-order valence-corrected chi connectivity index (χ3v) is 2.78. The normalized spacial score (nSPS) is 11.6. The fourth-order valence-corrected chi connectivity index (χ4v) is 1.74. The van der Waals surface area contributed by atoms with E-state index in [0.29, 0.717) is 0 Å². The van der Waals surface area contributed by atoms with Gasteiger partial charge in [0, 0.05) is 12.0 Å². The highest BCUT2D eigenvalue weighted by Gasteiger charge is 2.06. The summed E-state index contributed by atoms with van der Waals surface area (Å²) in [5.74, 6) is 6.43. The van der Waals surface area contributed by atoms with E-state index in [-0.39, 0.29) is 11.0 Å². The topological polar surface area (TPSA) is 20.2 Å². The van der Waals surface area contributed by atoms with Gasteiger partial charge < -0.3 is 5.11 Å². The highest BCUT2D eigenvalue weighted by atomic mass is 32.1. The lowest BCUT2D eigenvalue weighted by Gasteiger charge is -2.05. The highest BCUT2D eigenvalue weighted by Crippen LogP contribution is 2.27. The van der Waals surface area contributed by atoms with Crippen molar-refractivity contribution < 1.29 is 5.11 Å². The number of hydrogen-bond acceptors (Lipinski definition) is 2. The lowest BCUT2D eigenvalue weighted by atomic mass is 10.1. The molecule has 1 aromatic rings. The van der Waals surface area contributed by atoms with Crippen molar-refractivity contribution in [3.05, 3.63) is 29.8 Å². The Kier molecular flexibility index (Phi) is 5.88. The second-order valence-electron chi connectivity index (χ2n) is 3.74. The summed E-state index contributed by atoms with van der Waals surface area (Å²) in [5.41, 5.74) is 0.786. The number of unbranched alkanes of at least 4 members (excludes halogenated alkanes) is 3. The molecule has 16 heavy (non-hydrogen) atoms. The second-order valence-corrected chi connectivity index (χ2v) is 4.26. The molecule has 86 valence electrons. The van der Waals surface area contributed by atoms with Gasteiger partial charge in [-0.05, 0) is 12.5 Å². The fraction of sp³-hybridized carbons (Fsp3) is 0.429. The van der Waals surface area contributed by atoms with Gasteiger partial charge in [0.1, 0.15) is 5.75 Å². The summed E-state index contributed by atoms with van der Waals surface area (Å²) in [4.78, 5) is 0. The van der Waals surface area contributed by atoms with Crippen molar-refractivity contribution in [2.24, 2.45) is 0 Å². The first kappa shape index (κ1) is 13.0. The zero-order valence-electron chi connectivity index (χ0n) is 9.61. The summed E-state index contributed by atoms with van der Waals surface area (Å²) in [6, 6.07) is 7.20. The largest absolute Gasteiger partial charge is 0.508 e. The molecule has 0 saturated carbocycles. The summed E-state index contributed by atoms with van der Waals surface area (Å²) < 4.78 is 0. The maximum absolute atomic E-state index is 9.61. The predicted molar refractivity (Wildman–Crippen MR) is 71.8 cm³/mol. The van der Waals surface area contributed by atoms with Crippen molar-refractivity contribution >= 4 is 12.6 Å². The zero-order chi connectivity index (χ0) is 11.8. The van der Waals surface area contributed by atoms with Crippen LogP contribution in [0.25, 0.3) is 0 Å². The molecule has 0 amide bonds. The Balaban J connectivity index is 2.52. The summed E-state index contributed by atoms with van der Waals surface area (Å²) in [6.45, 7) is 2.18. The molecule has 1 N–H and O–H groups in total. The van der Waals surface area contributed by atoms with Crippen LogP contribution < -0.4 is 0 Å². The second kappa shape index (κ2) is 7.24. The van der Waals surface area contributed by atoms with E-state index in [1.54, 1.807) is 12.1 Å². The Bertz CT molecular complexity index is 376. The van der Waals surface area contributed by atoms with Crippen LogP contribution >= 0.6 is 12.6 Å². The van der Waals surface area contributed by atoms with Crippen LogP contribution in [0.4, 0.5) is 0 Å². The van der Waals surface area contributed by atoms with E-state index >= 15 is 0 Å². The molecule has 1 nitrogen and oxygen atoms in total. The van der Waals surface area contributed by atoms with E-state index in [1.807, 2.05) is 12.1 Å². The molecule has 0 bridgehead atoms. The number of para-hydroxylation sites is 1. The molecule has 1 rings (SSSR count). The van der Waals surface area contributed by atoms with Crippen LogP contribution in [-0.2, 0) is 0 Å². The average Bonchev–Trinajstić information content (AvgIpc) is 2.29. The maximum Gasteiger partial charge on any atom is 0.120 e. The van der Waals surface area contributed by atoms with Crippen LogP contribution in [0.3, 0.4) is 0 Å². The smallest absolute Gasteiger partial charge is 0.120 e. The molecule has 0 radical (unpaired) electrons. The van der Waals surface area contributed by atoms with E-state index < -0.39 is 0 Å². The first-order valence-electron chi connectivity index (χ1n) is 5.70. The minimum atomic E-state index is -0.192. The van der Waals surface area contributed by atoms with Crippen molar-refractivity contribution in [2.45, 2.75) is 37.9 Å². The number of rotatable bonds is 4. The number of thiol groups is 1. The molecule has 0 aromatic heterocycles. The summed E-state index contributed by atoms with van der Waals surface area (Å²) in [7, 11) is 0. The Morgan fingerprint density at radius 1 is 1.31 bits per heavy atom. The molecule has 1 aromatic carbocycles. The van der Waals surface area contributed by atoms with Crippen molar-refractivity contribution in [1.82, 2.24) is 0 Å². The number of benzene rings is 1. The van der Waals surface area contributed by atoms with E-state index in [0.717, 1.165) is 18.4 Å². The lowest BCUT2D eigenvalue weighted by Crippen LogP contribution is -1.87. The molecule has 0 spiro atoms. The maximum atomic E-state index is 9.61. The first-order chi connectivity index (χ1) is 7.75. The van der Waals surface area contributed by atoms with Gasteiger partial charge in [0.25, 0.3) is 0 Å². The monoisotopic (exact) mass is 234 g/mol. The van der Waals surface area contributed by atoms with Crippen LogP contribution in [0.5, 0.6) is 5.75 Å². The molecular formula is C14H18OS. The van der Waals surface area contributed by atoms with Gasteiger partial charge in [-0.15, -0.1) is 5.92 Å². The zero-order valence-corrected chi connectivity index (χ0v) is 10.5. The fourth-order valence-electron chi connectivity index (χ4n) is 1.43. The Morgan fingerprint density at radius 3 is 2.75 bits per heavy atom. The van der Waals surface area contributed by atoms with E-state index in [4.69, 9.17) is 0 Å². The third kappa shape index (κ3) is 4.20. The van der Waals surface area contributed by atoms with Crippen LogP contribution in [-0.4, -0.2) is 5.11 Å². The predicted octanol–water partition coefficient (Wildman–Crippen LogP) is 3.95. The number of hydrogen-bond donors (Lipinski definition) is 2. The summed E-state index contributed by atoms with van der Waals surface area (Å²) >= 11 is 4.38. The Morgan fingerprint density at radius 2 is 2.06 bits per heavy atom. The molecule has 0 aliphatic carbocycles. The number of phenolic OH excluding ortho intramolecular Hbond substituents is 1. The van der Waals surface area contributed by atoms with E-state index in [1.165, 1.54) is 12.8 Å². The highest BCUT2D eigenvalue weighted by molar-refractivity contribution is 7.80. The molecule has 0 saturated heterocycles. The lowest BCUT2D eigenvalue weighted by molar-refractivity contribution is 0.470. The Hall–Kier alpha value is -1.07. The molecule has 1 unspecified atom stereocenters. The van der Waals surface area contributed by atoms with Gasteiger partial charge in [-0.25, -0.2) is 0 Å².